The Kier molecular flexibility index (Phi) is 2.59. The van der Waals surface area contributed by atoms with Gasteiger partial charge in [0.05, 0.1) is 5.69 Å². The van der Waals surface area contributed by atoms with Crippen LogP contribution in [0.4, 0.5) is 5.82 Å². The van der Waals surface area contributed by atoms with E-state index in [1.54, 1.807) is 0 Å². The predicted octanol–water partition coefficient (Wildman–Crippen LogP) is 1.97. The first-order valence-electron chi connectivity index (χ1n) is 5.15. The summed E-state index contributed by atoms with van der Waals surface area (Å²) in [6.45, 7) is 3.97. The SMILES string of the molecule is Cc1ccc(-c2[nH]nc(N)c2C(=O)O)cc1C. The van der Waals surface area contributed by atoms with Gasteiger partial charge in [-0.05, 0) is 31.0 Å². The van der Waals surface area contributed by atoms with Gasteiger partial charge in [0.25, 0.3) is 0 Å². The molecule has 0 saturated heterocycles. The second-order valence-electron chi connectivity index (χ2n) is 3.96. The number of benzene rings is 1. The van der Waals surface area contributed by atoms with Crippen LogP contribution >= 0.6 is 0 Å². The fourth-order valence-corrected chi connectivity index (χ4v) is 1.68. The van der Waals surface area contributed by atoms with Gasteiger partial charge in [-0.15, -0.1) is 0 Å². The molecule has 17 heavy (non-hydrogen) atoms. The van der Waals surface area contributed by atoms with Crippen LogP contribution in [0.2, 0.25) is 0 Å². The van der Waals surface area contributed by atoms with E-state index in [1.165, 1.54) is 0 Å². The summed E-state index contributed by atoms with van der Waals surface area (Å²) in [5.74, 6) is -1.07. The molecule has 5 nitrogen and oxygen atoms in total. The fourth-order valence-electron chi connectivity index (χ4n) is 1.68. The monoisotopic (exact) mass is 231 g/mol. The average molecular weight is 231 g/mol. The lowest BCUT2D eigenvalue weighted by molar-refractivity contribution is 0.0699. The molecule has 2 aromatic rings. The van der Waals surface area contributed by atoms with Crippen LogP contribution < -0.4 is 5.73 Å². The number of rotatable bonds is 2. The summed E-state index contributed by atoms with van der Waals surface area (Å²) in [7, 11) is 0. The van der Waals surface area contributed by atoms with Crippen molar-refractivity contribution in [3.8, 4) is 11.3 Å². The molecule has 0 aliphatic rings. The molecule has 0 unspecified atom stereocenters. The Morgan fingerprint density at radius 3 is 2.65 bits per heavy atom. The first kappa shape index (κ1) is 11.2. The Morgan fingerprint density at radius 1 is 1.35 bits per heavy atom. The van der Waals surface area contributed by atoms with Gasteiger partial charge in [0.2, 0.25) is 0 Å². The number of aromatic carboxylic acids is 1. The molecule has 0 saturated carbocycles. The summed E-state index contributed by atoms with van der Waals surface area (Å²) in [5, 5.41) is 15.5. The quantitative estimate of drug-likeness (QED) is 0.736. The van der Waals surface area contributed by atoms with Crippen molar-refractivity contribution in [2.24, 2.45) is 0 Å². The fraction of sp³-hybridized carbons (Fsp3) is 0.167. The number of hydrogen-bond donors (Lipinski definition) is 3. The third-order valence-electron chi connectivity index (χ3n) is 2.80. The van der Waals surface area contributed by atoms with Crippen LogP contribution in [0.1, 0.15) is 21.5 Å². The number of nitrogens with two attached hydrogens (primary N) is 1. The van der Waals surface area contributed by atoms with Crippen molar-refractivity contribution in [2.75, 3.05) is 5.73 Å². The van der Waals surface area contributed by atoms with Crippen molar-refractivity contribution < 1.29 is 9.90 Å². The number of carbonyl (C=O) groups is 1. The molecule has 1 heterocycles. The Morgan fingerprint density at radius 2 is 2.06 bits per heavy atom. The summed E-state index contributed by atoms with van der Waals surface area (Å²) in [5.41, 5.74) is 9.00. The number of aromatic nitrogens is 2. The molecule has 2 rings (SSSR count). The summed E-state index contributed by atoms with van der Waals surface area (Å²) in [6, 6.07) is 5.70. The summed E-state index contributed by atoms with van der Waals surface area (Å²) in [6.07, 6.45) is 0. The van der Waals surface area contributed by atoms with Crippen molar-refractivity contribution in [1.29, 1.82) is 0 Å². The lowest BCUT2D eigenvalue weighted by Gasteiger charge is -2.04. The molecule has 0 spiro atoms. The molecule has 0 radical (unpaired) electrons. The van der Waals surface area contributed by atoms with Crippen molar-refractivity contribution in [2.45, 2.75) is 13.8 Å². The largest absolute Gasteiger partial charge is 0.477 e. The Bertz CT molecular complexity index is 587. The summed E-state index contributed by atoms with van der Waals surface area (Å²) in [4.78, 5) is 11.1. The number of carboxylic acid groups (broad SMARTS) is 1. The van der Waals surface area contributed by atoms with Crippen LogP contribution in [0, 0.1) is 13.8 Å². The number of aromatic amines is 1. The van der Waals surface area contributed by atoms with Gasteiger partial charge in [-0.25, -0.2) is 4.79 Å². The van der Waals surface area contributed by atoms with Crippen molar-refractivity contribution in [1.82, 2.24) is 10.2 Å². The number of H-pyrrole nitrogens is 1. The van der Waals surface area contributed by atoms with Gasteiger partial charge in [-0.3, -0.25) is 5.10 Å². The van der Waals surface area contributed by atoms with E-state index in [4.69, 9.17) is 10.8 Å². The molecule has 0 bridgehead atoms. The Balaban J connectivity index is 2.60. The second-order valence-corrected chi connectivity index (χ2v) is 3.96. The van der Waals surface area contributed by atoms with Gasteiger partial charge in [0, 0.05) is 5.56 Å². The van der Waals surface area contributed by atoms with E-state index in [-0.39, 0.29) is 11.4 Å². The molecule has 0 aliphatic carbocycles. The lowest BCUT2D eigenvalue weighted by Crippen LogP contribution is -2.01. The van der Waals surface area contributed by atoms with Gasteiger partial charge >= 0.3 is 5.97 Å². The maximum atomic E-state index is 11.1. The van der Waals surface area contributed by atoms with Crippen LogP contribution in [-0.4, -0.2) is 21.3 Å². The van der Waals surface area contributed by atoms with Gasteiger partial charge in [0.15, 0.2) is 5.82 Å². The van der Waals surface area contributed by atoms with E-state index in [0.717, 1.165) is 16.7 Å². The molecule has 0 fully saturated rings. The predicted molar refractivity (Wildman–Crippen MR) is 64.9 cm³/mol. The van der Waals surface area contributed by atoms with Gasteiger partial charge in [0.1, 0.15) is 5.56 Å². The number of nitrogens with one attached hydrogen (secondary N) is 1. The molecule has 4 N–H and O–H groups in total. The first-order chi connectivity index (χ1) is 8.00. The minimum absolute atomic E-state index is 0.00530. The maximum absolute atomic E-state index is 11.1. The van der Waals surface area contributed by atoms with Crippen molar-refractivity contribution in [3.05, 3.63) is 34.9 Å². The topological polar surface area (TPSA) is 92.0 Å². The standard InChI is InChI=1S/C12H13N3O2/c1-6-3-4-8(5-7(6)2)10-9(12(16)17)11(13)15-14-10/h3-5H,1-2H3,(H,16,17)(H3,13,14,15). The second kappa shape index (κ2) is 3.93. The van der Waals surface area contributed by atoms with Crippen LogP contribution in [0.5, 0.6) is 0 Å². The number of anilines is 1. The highest BCUT2D eigenvalue weighted by atomic mass is 16.4. The third-order valence-corrected chi connectivity index (χ3v) is 2.80. The number of nitrogen functional groups attached to an aromatic ring is 1. The van der Waals surface area contributed by atoms with E-state index in [0.29, 0.717) is 5.69 Å². The third kappa shape index (κ3) is 1.87. The molecule has 0 aliphatic heterocycles. The van der Waals surface area contributed by atoms with Crippen molar-refractivity contribution >= 4 is 11.8 Å². The normalized spacial score (nSPS) is 10.5. The van der Waals surface area contributed by atoms with Crippen LogP contribution in [0.3, 0.4) is 0 Å². The number of hydrogen-bond acceptors (Lipinski definition) is 3. The molecule has 1 aromatic heterocycles. The van der Waals surface area contributed by atoms with E-state index in [9.17, 15) is 4.79 Å². The van der Waals surface area contributed by atoms with Gasteiger partial charge in [-0.2, -0.15) is 5.10 Å². The molecular weight excluding hydrogens is 218 g/mol. The van der Waals surface area contributed by atoms with Crippen molar-refractivity contribution in [3.63, 3.8) is 0 Å². The first-order valence-corrected chi connectivity index (χ1v) is 5.15. The van der Waals surface area contributed by atoms with E-state index in [1.807, 2.05) is 32.0 Å². The van der Waals surface area contributed by atoms with Crippen LogP contribution in [-0.2, 0) is 0 Å². The van der Waals surface area contributed by atoms with E-state index < -0.39 is 5.97 Å². The Hall–Kier alpha value is -2.30. The number of nitrogens with zero attached hydrogens (tertiary/aromatic N) is 1. The highest BCUT2D eigenvalue weighted by Crippen LogP contribution is 2.26. The number of carboxylic acids is 1. The molecule has 0 atom stereocenters. The Labute approximate surface area is 98.3 Å². The summed E-state index contributed by atoms with van der Waals surface area (Å²) < 4.78 is 0. The molecule has 1 aromatic carbocycles. The molecule has 0 amide bonds. The van der Waals surface area contributed by atoms with E-state index >= 15 is 0 Å². The minimum atomic E-state index is -1.08. The molecule has 88 valence electrons. The number of aryl methyl sites for hydroxylation is 2. The van der Waals surface area contributed by atoms with Gasteiger partial charge < -0.3 is 10.8 Å². The van der Waals surface area contributed by atoms with E-state index in [2.05, 4.69) is 10.2 Å². The molecule has 5 heteroatoms. The zero-order chi connectivity index (χ0) is 12.6. The minimum Gasteiger partial charge on any atom is -0.477 e. The smallest absolute Gasteiger partial charge is 0.341 e. The molecular formula is C12H13N3O2. The lowest BCUT2D eigenvalue weighted by atomic mass is 10.0. The van der Waals surface area contributed by atoms with Crippen LogP contribution in [0.15, 0.2) is 18.2 Å². The highest BCUT2D eigenvalue weighted by molar-refractivity contribution is 5.99. The zero-order valence-corrected chi connectivity index (χ0v) is 9.61. The maximum Gasteiger partial charge on any atom is 0.341 e. The average Bonchev–Trinajstić information content (AvgIpc) is 2.64. The van der Waals surface area contributed by atoms with Crippen LogP contribution in [0.25, 0.3) is 11.3 Å². The zero-order valence-electron chi connectivity index (χ0n) is 9.61. The van der Waals surface area contributed by atoms with Gasteiger partial charge in [-0.1, -0.05) is 12.1 Å². The highest BCUT2D eigenvalue weighted by Gasteiger charge is 2.19. The summed E-state index contributed by atoms with van der Waals surface area (Å²) >= 11 is 0.